The fourth-order valence-corrected chi connectivity index (χ4v) is 10.0. The number of aromatic nitrogens is 4. The third kappa shape index (κ3) is 7.73. The number of hydrogen-bond donors (Lipinski definition) is 4. The van der Waals surface area contributed by atoms with Crippen molar-refractivity contribution >= 4 is 30.8 Å². The lowest BCUT2D eigenvalue weighted by molar-refractivity contribution is -0.115. The summed E-state index contributed by atoms with van der Waals surface area (Å²) in [7, 11) is -2.53. The number of ether oxygens (including phenoxy) is 1. The topological polar surface area (TPSA) is 125 Å². The normalized spacial score (nSPS) is 20.4. The number of carbonyl (C=O) groups is 1. The van der Waals surface area contributed by atoms with Crippen molar-refractivity contribution in [3.05, 3.63) is 114 Å². The first-order valence-electron chi connectivity index (χ1n) is 16.6. The second-order valence-corrected chi connectivity index (χ2v) is 17.4. The molecule has 3 heterocycles. The third-order valence-corrected chi connectivity index (χ3v) is 12.1. The zero-order valence-electron chi connectivity index (χ0n) is 27.3. The van der Waals surface area contributed by atoms with E-state index in [-0.39, 0.29) is 42.1 Å². The molecule has 1 aliphatic rings. The molecule has 10 heteroatoms. The molecule has 9 nitrogen and oxygen atoms in total. The summed E-state index contributed by atoms with van der Waals surface area (Å²) >= 11 is 0. The number of aromatic amines is 1. The maximum absolute atomic E-state index is 12.9. The number of anilines is 1. The Hall–Kier alpha value is -4.09. The first-order valence-corrected chi connectivity index (χ1v) is 19.6. The summed E-state index contributed by atoms with van der Waals surface area (Å²) in [6.45, 7) is 6.80. The standard InChI is InChI=1S/C37H45N5O4Si/c1-25-34(17-16-26-10-9-13-29(20-26)39-36(44)21-28-22-38-32-15-8-7-14-30(28)32)46-35(37(25)47(2,3)45)18-19-42-23-33(40-41-42)31(24-43)27-11-5-4-6-12-27/h4-15,20,22-23,25,31,34-35,37-38,43,45H,16-19,21,24H2,1-3H3,(H,39,44)/t25-,31?,34+,35-,37+/m1/s1. The van der Waals surface area contributed by atoms with Crippen molar-refractivity contribution in [1.29, 1.82) is 0 Å². The average molecular weight is 652 g/mol. The van der Waals surface area contributed by atoms with Crippen molar-refractivity contribution in [1.82, 2.24) is 20.0 Å². The number of rotatable bonds is 13. The smallest absolute Gasteiger partial charge is 0.228 e. The number of benzene rings is 3. The van der Waals surface area contributed by atoms with Crippen molar-refractivity contribution in [3.63, 3.8) is 0 Å². The molecule has 3 aromatic carbocycles. The summed E-state index contributed by atoms with van der Waals surface area (Å²) in [5.74, 6) is -0.0549. The molecule has 5 aromatic rings. The van der Waals surface area contributed by atoms with Crippen molar-refractivity contribution in [2.24, 2.45) is 5.92 Å². The minimum Gasteiger partial charge on any atom is -0.432 e. The van der Waals surface area contributed by atoms with Gasteiger partial charge in [0.2, 0.25) is 5.91 Å². The summed E-state index contributed by atoms with van der Waals surface area (Å²) < 4.78 is 8.51. The Bertz CT molecular complexity index is 1780. The fourth-order valence-electron chi connectivity index (χ4n) is 7.35. The Morgan fingerprint density at radius 1 is 1.04 bits per heavy atom. The molecule has 0 bridgehead atoms. The molecule has 0 saturated carbocycles. The number of aryl methyl sites for hydroxylation is 2. The van der Waals surface area contributed by atoms with E-state index in [4.69, 9.17) is 4.74 Å². The van der Waals surface area contributed by atoms with Crippen molar-refractivity contribution in [3.8, 4) is 0 Å². The van der Waals surface area contributed by atoms with Crippen LogP contribution in [0.15, 0.2) is 91.3 Å². The van der Waals surface area contributed by atoms with Gasteiger partial charge in [-0.1, -0.05) is 72.8 Å². The molecule has 4 N–H and O–H groups in total. The maximum atomic E-state index is 12.9. The van der Waals surface area contributed by atoms with Crippen molar-refractivity contribution < 1.29 is 19.4 Å². The van der Waals surface area contributed by atoms with E-state index in [2.05, 4.69) is 33.6 Å². The van der Waals surface area contributed by atoms with Gasteiger partial charge in [-0.05, 0) is 73.2 Å². The highest BCUT2D eigenvalue weighted by Crippen LogP contribution is 2.45. The Morgan fingerprint density at radius 3 is 2.62 bits per heavy atom. The van der Waals surface area contributed by atoms with Crippen molar-refractivity contribution in [2.45, 2.75) is 75.9 Å². The molecule has 47 heavy (non-hydrogen) atoms. The van der Waals surface area contributed by atoms with Gasteiger partial charge in [0.15, 0.2) is 8.32 Å². The van der Waals surface area contributed by atoms with E-state index in [0.717, 1.165) is 58.2 Å². The zero-order valence-corrected chi connectivity index (χ0v) is 28.3. The molecule has 1 aliphatic heterocycles. The van der Waals surface area contributed by atoms with Crippen LogP contribution in [-0.2, 0) is 28.9 Å². The van der Waals surface area contributed by atoms with Crippen LogP contribution in [0.2, 0.25) is 18.6 Å². The number of carbonyl (C=O) groups excluding carboxylic acids is 1. The van der Waals surface area contributed by atoms with Crippen LogP contribution in [0.4, 0.5) is 5.69 Å². The number of nitrogens with zero attached hydrogens (tertiary/aromatic N) is 3. The van der Waals surface area contributed by atoms with Gasteiger partial charge < -0.3 is 24.9 Å². The van der Waals surface area contributed by atoms with E-state index < -0.39 is 8.32 Å². The molecule has 1 saturated heterocycles. The maximum Gasteiger partial charge on any atom is 0.228 e. The number of amides is 1. The van der Waals surface area contributed by atoms with Crippen LogP contribution in [0.3, 0.4) is 0 Å². The Kier molecular flexibility index (Phi) is 10.0. The summed E-state index contributed by atoms with van der Waals surface area (Å²) in [6, 6.07) is 25.9. The molecule has 1 fully saturated rings. The second-order valence-electron chi connectivity index (χ2n) is 13.4. The molecule has 1 amide bonds. The number of aliphatic hydroxyl groups excluding tert-OH is 1. The van der Waals surface area contributed by atoms with Crippen LogP contribution in [0, 0.1) is 5.92 Å². The largest absolute Gasteiger partial charge is 0.432 e. The van der Waals surface area contributed by atoms with Gasteiger partial charge in [0.1, 0.15) is 0 Å². The predicted molar refractivity (Wildman–Crippen MR) is 187 cm³/mol. The molecule has 0 radical (unpaired) electrons. The summed E-state index contributed by atoms with van der Waals surface area (Å²) in [6.07, 6.45) is 6.42. The summed E-state index contributed by atoms with van der Waals surface area (Å²) in [5.41, 5.74) is 5.77. The molecule has 0 spiro atoms. The lowest BCUT2D eigenvalue weighted by Crippen LogP contribution is -2.40. The lowest BCUT2D eigenvalue weighted by Gasteiger charge is -2.30. The molecule has 1 unspecified atom stereocenters. The van der Waals surface area contributed by atoms with Gasteiger partial charge in [-0.3, -0.25) is 9.48 Å². The van der Waals surface area contributed by atoms with Crippen LogP contribution in [0.25, 0.3) is 10.9 Å². The minimum absolute atomic E-state index is 0.0206. The molecule has 0 aliphatic carbocycles. The van der Waals surface area contributed by atoms with Crippen LogP contribution in [0.5, 0.6) is 0 Å². The third-order valence-electron chi connectivity index (χ3n) is 9.61. The van der Waals surface area contributed by atoms with Crippen molar-refractivity contribution in [2.75, 3.05) is 11.9 Å². The van der Waals surface area contributed by atoms with Crippen LogP contribution in [-0.4, -0.2) is 62.9 Å². The highest BCUT2D eigenvalue weighted by Gasteiger charge is 2.49. The molecule has 6 rings (SSSR count). The molecule has 246 valence electrons. The highest BCUT2D eigenvalue weighted by atomic mass is 28.4. The molecule has 2 aromatic heterocycles. The van der Waals surface area contributed by atoms with Gasteiger partial charge in [-0.2, -0.15) is 0 Å². The first kappa shape index (κ1) is 32.8. The number of para-hydroxylation sites is 1. The Labute approximate surface area is 277 Å². The van der Waals surface area contributed by atoms with Gasteiger partial charge >= 0.3 is 0 Å². The van der Waals surface area contributed by atoms with Crippen LogP contribution < -0.4 is 5.32 Å². The number of nitrogens with one attached hydrogen (secondary N) is 2. The van der Waals surface area contributed by atoms with Crippen LogP contribution in [0.1, 0.15) is 48.1 Å². The quantitative estimate of drug-likeness (QED) is 0.115. The van der Waals surface area contributed by atoms with E-state index in [1.807, 2.05) is 103 Å². The number of aliphatic hydroxyl groups is 1. The van der Waals surface area contributed by atoms with Gasteiger partial charge in [0, 0.05) is 41.1 Å². The van der Waals surface area contributed by atoms with E-state index in [0.29, 0.717) is 13.0 Å². The minimum atomic E-state index is -2.53. The molecule has 5 atom stereocenters. The van der Waals surface area contributed by atoms with Crippen LogP contribution >= 0.6 is 0 Å². The molecular weight excluding hydrogens is 607 g/mol. The first-order chi connectivity index (χ1) is 22.7. The summed E-state index contributed by atoms with van der Waals surface area (Å²) in [5, 5.41) is 22.9. The SMILES string of the molecule is C[C@H]1[C@H]([Si](C)(C)O)[C@@H](CCn2cc(C(CO)c3ccccc3)nn2)O[C@H]1CCc1cccc(NC(=O)Cc2c[nH]c3ccccc23)c1. The number of hydrogen-bond acceptors (Lipinski definition) is 6. The van der Waals surface area contributed by atoms with Gasteiger partial charge in [0.25, 0.3) is 0 Å². The van der Waals surface area contributed by atoms with Gasteiger partial charge in [0.05, 0.1) is 36.8 Å². The number of H-pyrrole nitrogens is 1. The van der Waals surface area contributed by atoms with E-state index in [1.54, 1.807) is 0 Å². The van der Waals surface area contributed by atoms with Gasteiger partial charge in [-0.15, -0.1) is 5.10 Å². The highest BCUT2D eigenvalue weighted by molar-refractivity contribution is 6.71. The predicted octanol–water partition coefficient (Wildman–Crippen LogP) is 6.06. The van der Waals surface area contributed by atoms with E-state index in [1.165, 1.54) is 0 Å². The van der Waals surface area contributed by atoms with Gasteiger partial charge in [-0.25, -0.2) is 0 Å². The monoisotopic (exact) mass is 651 g/mol. The fraction of sp³-hybridized carbons (Fsp3) is 0.378. The van der Waals surface area contributed by atoms with E-state index >= 15 is 0 Å². The zero-order chi connectivity index (χ0) is 33.0. The van der Waals surface area contributed by atoms with E-state index in [9.17, 15) is 14.7 Å². The molecular formula is C37H45N5O4Si. The second kappa shape index (κ2) is 14.3. The average Bonchev–Trinajstić information content (AvgIpc) is 3.77. The lowest BCUT2D eigenvalue weighted by atomic mass is 9.95. The summed E-state index contributed by atoms with van der Waals surface area (Å²) in [4.78, 5) is 27.5. The number of fused-ring (bicyclic) bond motifs is 1. The Morgan fingerprint density at radius 2 is 1.83 bits per heavy atom. The Balaban J connectivity index is 1.05.